The van der Waals surface area contributed by atoms with Crippen molar-refractivity contribution >= 4 is 17.3 Å². The smallest absolute Gasteiger partial charge is 0.332 e. The molecule has 0 unspecified atom stereocenters. The van der Waals surface area contributed by atoms with Crippen molar-refractivity contribution in [1.29, 1.82) is 0 Å². The third kappa shape index (κ3) is 2.71. The SMILES string of the molecule is Cn1c(N)c(C(=O)CNc2ccccc2)c(=O)n(C)c1=O. The van der Waals surface area contributed by atoms with E-state index in [1.165, 1.54) is 14.1 Å². The van der Waals surface area contributed by atoms with Crippen molar-refractivity contribution in [2.24, 2.45) is 14.1 Å². The van der Waals surface area contributed by atoms with Crippen LogP contribution in [0, 0.1) is 0 Å². The Hall–Kier alpha value is -2.83. The molecule has 1 aromatic carbocycles. The highest BCUT2D eigenvalue weighted by Gasteiger charge is 2.19. The zero-order valence-electron chi connectivity index (χ0n) is 11.8. The van der Waals surface area contributed by atoms with Crippen LogP contribution in [0.5, 0.6) is 0 Å². The molecule has 0 saturated carbocycles. The lowest BCUT2D eigenvalue weighted by molar-refractivity contribution is 0.100. The number of nitrogen functional groups attached to an aromatic ring is 1. The first-order valence-electron chi connectivity index (χ1n) is 6.31. The second-order valence-corrected chi connectivity index (χ2v) is 4.61. The topological polar surface area (TPSA) is 99.1 Å². The van der Waals surface area contributed by atoms with Crippen molar-refractivity contribution in [3.63, 3.8) is 0 Å². The molecule has 2 aromatic rings. The van der Waals surface area contributed by atoms with Gasteiger partial charge < -0.3 is 11.1 Å². The summed E-state index contributed by atoms with van der Waals surface area (Å²) in [4.78, 5) is 35.9. The van der Waals surface area contributed by atoms with E-state index in [0.717, 1.165) is 14.8 Å². The number of hydrogen-bond donors (Lipinski definition) is 2. The lowest BCUT2D eigenvalue weighted by Crippen LogP contribution is -2.42. The van der Waals surface area contributed by atoms with Gasteiger partial charge in [-0.25, -0.2) is 4.79 Å². The average Bonchev–Trinajstić information content (AvgIpc) is 2.50. The number of nitrogens with two attached hydrogens (primary N) is 1. The number of nitrogens with one attached hydrogen (secondary N) is 1. The van der Waals surface area contributed by atoms with Gasteiger partial charge in [0.2, 0.25) is 0 Å². The summed E-state index contributed by atoms with van der Waals surface area (Å²) in [6.07, 6.45) is 0. The summed E-state index contributed by atoms with van der Waals surface area (Å²) in [5.41, 5.74) is 5.05. The first kappa shape index (κ1) is 14.6. The number of carbonyl (C=O) groups is 1. The summed E-state index contributed by atoms with van der Waals surface area (Å²) < 4.78 is 1.95. The van der Waals surface area contributed by atoms with E-state index < -0.39 is 17.0 Å². The van der Waals surface area contributed by atoms with Gasteiger partial charge in [-0.2, -0.15) is 0 Å². The van der Waals surface area contributed by atoms with Crippen LogP contribution >= 0.6 is 0 Å². The van der Waals surface area contributed by atoms with Gasteiger partial charge in [0.25, 0.3) is 5.56 Å². The van der Waals surface area contributed by atoms with Crippen molar-refractivity contribution in [2.45, 2.75) is 0 Å². The van der Waals surface area contributed by atoms with Crippen LogP contribution in [0.4, 0.5) is 11.5 Å². The summed E-state index contributed by atoms with van der Waals surface area (Å²) in [5, 5.41) is 2.91. The second kappa shape index (κ2) is 5.66. The van der Waals surface area contributed by atoms with E-state index in [0.29, 0.717) is 0 Å². The maximum atomic E-state index is 12.2. The Morgan fingerprint density at radius 3 is 2.38 bits per heavy atom. The van der Waals surface area contributed by atoms with Gasteiger partial charge in [0, 0.05) is 19.8 Å². The monoisotopic (exact) mass is 288 g/mol. The molecule has 0 aliphatic carbocycles. The van der Waals surface area contributed by atoms with Gasteiger partial charge in [-0.3, -0.25) is 18.7 Å². The quantitative estimate of drug-likeness (QED) is 0.769. The summed E-state index contributed by atoms with van der Waals surface area (Å²) >= 11 is 0. The number of rotatable bonds is 4. The molecule has 1 heterocycles. The van der Waals surface area contributed by atoms with Crippen molar-refractivity contribution in [3.8, 4) is 0 Å². The molecule has 0 spiro atoms. The molecule has 0 saturated heterocycles. The van der Waals surface area contributed by atoms with Crippen molar-refractivity contribution in [1.82, 2.24) is 9.13 Å². The number of nitrogens with zero attached hydrogens (tertiary/aromatic N) is 2. The fourth-order valence-electron chi connectivity index (χ4n) is 1.95. The fourth-order valence-corrected chi connectivity index (χ4v) is 1.95. The van der Waals surface area contributed by atoms with Crippen molar-refractivity contribution in [2.75, 3.05) is 17.6 Å². The Bertz CT molecular complexity index is 790. The maximum Gasteiger partial charge on any atom is 0.332 e. The van der Waals surface area contributed by atoms with E-state index in [9.17, 15) is 14.4 Å². The lowest BCUT2D eigenvalue weighted by atomic mass is 10.2. The van der Waals surface area contributed by atoms with Crippen LogP contribution in [0.3, 0.4) is 0 Å². The largest absolute Gasteiger partial charge is 0.384 e. The predicted octanol–water partition coefficient (Wildman–Crippen LogP) is -0.0390. The van der Waals surface area contributed by atoms with E-state index in [1.54, 1.807) is 12.1 Å². The third-order valence-corrected chi connectivity index (χ3v) is 3.22. The first-order chi connectivity index (χ1) is 9.93. The fraction of sp³-hybridized carbons (Fsp3) is 0.214. The minimum Gasteiger partial charge on any atom is -0.384 e. The van der Waals surface area contributed by atoms with Gasteiger partial charge >= 0.3 is 5.69 Å². The number of ketones is 1. The number of anilines is 2. The van der Waals surface area contributed by atoms with Crippen LogP contribution in [-0.4, -0.2) is 21.5 Å². The van der Waals surface area contributed by atoms with Crippen molar-refractivity contribution in [3.05, 3.63) is 56.7 Å². The highest BCUT2D eigenvalue weighted by atomic mass is 16.2. The molecule has 110 valence electrons. The number of para-hydroxylation sites is 1. The summed E-state index contributed by atoms with van der Waals surface area (Å²) in [6.45, 7) is -0.0817. The highest BCUT2D eigenvalue weighted by molar-refractivity contribution is 6.02. The van der Waals surface area contributed by atoms with E-state index in [4.69, 9.17) is 5.73 Å². The highest BCUT2D eigenvalue weighted by Crippen LogP contribution is 2.07. The molecule has 21 heavy (non-hydrogen) atoms. The number of hydrogen-bond acceptors (Lipinski definition) is 5. The molecule has 0 amide bonds. The Kier molecular flexibility index (Phi) is 3.93. The molecule has 3 N–H and O–H groups in total. The molecular weight excluding hydrogens is 272 g/mol. The lowest BCUT2D eigenvalue weighted by Gasteiger charge is -2.11. The Morgan fingerprint density at radius 1 is 1.14 bits per heavy atom. The molecule has 0 aliphatic rings. The maximum absolute atomic E-state index is 12.2. The number of aromatic nitrogens is 2. The van der Waals surface area contributed by atoms with E-state index in [2.05, 4.69) is 5.32 Å². The van der Waals surface area contributed by atoms with Gasteiger partial charge in [0.05, 0.1) is 6.54 Å². The minimum atomic E-state index is -0.685. The molecule has 1 aromatic heterocycles. The van der Waals surface area contributed by atoms with Crippen LogP contribution in [0.15, 0.2) is 39.9 Å². The second-order valence-electron chi connectivity index (χ2n) is 4.61. The molecule has 7 nitrogen and oxygen atoms in total. The Balaban J connectivity index is 2.32. The Labute approximate surface area is 120 Å². The molecule has 0 bridgehead atoms. The van der Waals surface area contributed by atoms with Gasteiger partial charge in [0.1, 0.15) is 11.4 Å². The third-order valence-electron chi connectivity index (χ3n) is 3.22. The van der Waals surface area contributed by atoms with Crippen LogP contribution in [0.1, 0.15) is 10.4 Å². The average molecular weight is 288 g/mol. The van der Waals surface area contributed by atoms with E-state index >= 15 is 0 Å². The molecular formula is C14H16N4O3. The minimum absolute atomic E-state index is 0.0817. The standard InChI is InChI=1S/C14H16N4O3/c1-17-12(15)11(13(20)18(2)14(17)21)10(19)8-16-9-6-4-3-5-7-9/h3-7,16H,8,15H2,1-2H3. The van der Waals surface area contributed by atoms with Crippen LogP contribution in [0.2, 0.25) is 0 Å². The van der Waals surface area contributed by atoms with Gasteiger partial charge in [0.15, 0.2) is 5.78 Å². The summed E-state index contributed by atoms with van der Waals surface area (Å²) in [6, 6.07) is 9.11. The van der Waals surface area contributed by atoms with Crippen LogP contribution in [-0.2, 0) is 14.1 Å². The van der Waals surface area contributed by atoms with Gasteiger partial charge in [-0.1, -0.05) is 18.2 Å². The zero-order chi connectivity index (χ0) is 15.6. The van der Waals surface area contributed by atoms with Gasteiger partial charge in [-0.15, -0.1) is 0 Å². The van der Waals surface area contributed by atoms with Gasteiger partial charge in [-0.05, 0) is 12.1 Å². The van der Waals surface area contributed by atoms with E-state index in [1.807, 2.05) is 18.2 Å². The normalized spacial score (nSPS) is 10.4. The van der Waals surface area contributed by atoms with Crippen LogP contribution in [0.25, 0.3) is 0 Å². The van der Waals surface area contributed by atoms with Crippen LogP contribution < -0.4 is 22.3 Å². The van der Waals surface area contributed by atoms with E-state index in [-0.39, 0.29) is 17.9 Å². The number of benzene rings is 1. The first-order valence-corrected chi connectivity index (χ1v) is 6.31. The zero-order valence-corrected chi connectivity index (χ0v) is 11.8. The van der Waals surface area contributed by atoms with Crippen molar-refractivity contribution < 1.29 is 4.79 Å². The number of carbonyl (C=O) groups excluding carboxylic acids is 1. The molecule has 0 aliphatic heterocycles. The molecule has 2 rings (SSSR count). The summed E-state index contributed by atoms with van der Waals surface area (Å²) in [5.74, 6) is -0.587. The molecule has 0 atom stereocenters. The Morgan fingerprint density at radius 2 is 1.76 bits per heavy atom. The predicted molar refractivity (Wildman–Crippen MR) is 80.6 cm³/mol. The molecule has 0 radical (unpaired) electrons. The molecule has 0 fully saturated rings. The molecule has 7 heteroatoms. The number of Topliss-reactive ketones (excluding diaryl/α,β-unsaturated/α-hetero) is 1. The summed E-state index contributed by atoms with van der Waals surface area (Å²) in [7, 11) is 2.73.